The number of aliphatic hydroxyl groups is 1. The number of amides is 1. The normalized spacial score (nSPS) is 22.2. The highest BCUT2D eigenvalue weighted by molar-refractivity contribution is 7.99. The molecule has 1 amide bonds. The summed E-state index contributed by atoms with van der Waals surface area (Å²) in [6, 6.07) is 9.99. The van der Waals surface area contributed by atoms with Gasteiger partial charge in [-0.15, -0.1) is 0 Å². The maximum atomic E-state index is 12.0. The molecular weight excluding hydrogens is 272 g/mol. The fraction of sp³-hybridized carbons (Fsp3) is 0.400. The predicted molar refractivity (Wildman–Crippen MR) is 81.8 cm³/mol. The number of nitrogens with zero attached hydrogens (tertiary/aromatic N) is 1. The molecule has 1 atom stereocenters. The number of hydrogen-bond acceptors (Lipinski definition) is 3. The van der Waals surface area contributed by atoms with Crippen LogP contribution in [0.25, 0.3) is 10.9 Å². The van der Waals surface area contributed by atoms with Gasteiger partial charge in [0.2, 0.25) is 5.91 Å². The smallest absolute Gasteiger partial charge is 0.240 e. The summed E-state index contributed by atoms with van der Waals surface area (Å²) in [6.45, 7) is 0.634. The second-order valence-electron chi connectivity index (χ2n) is 5.31. The number of nitrogens with one attached hydrogen (secondary N) is 1. The van der Waals surface area contributed by atoms with Gasteiger partial charge in [-0.05, 0) is 29.7 Å². The molecule has 106 valence electrons. The summed E-state index contributed by atoms with van der Waals surface area (Å²) in [5.41, 5.74) is 0.330. The Labute approximate surface area is 122 Å². The second-order valence-corrected chi connectivity index (χ2v) is 6.41. The van der Waals surface area contributed by atoms with Gasteiger partial charge >= 0.3 is 0 Å². The molecule has 0 saturated carbocycles. The maximum Gasteiger partial charge on any atom is 0.240 e. The van der Waals surface area contributed by atoms with Crippen molar-refractivity contribution in [2.45, 2.75) is 18.6 Å². The van der Waals surface area contributed by atoms with Gasteiger partial charge in [0.05, 0.1) is 5.60 Å². The third-order valence-corrected chi connectivity index (χ3v) is 4.93. The molecule has 5 heteroatoms. The summed E-state index contributed by atoms with van der Waals surface area (Å²) in [5, 5.41) is 14.2. The SMILES string of the molecule is O=C(Cn1ccc2ccccc21)NCC1(O)CCSC1. The first kappa shape index (κ1) is 13.5. The van der Waals surface area contributed by atoms with Crippen molar-refractivity contribution in [3.8, 4) is 0 Å². The van der Waals surface area contributed by atoms with Crippen LogP contribution in [0.15, 0.2) is 36.5 Å². The number of hydrogen-bond donors (Lipinski definition) is 2. The Morgan fingerprint density at radius 3 is 3.05 bits per heavy atom. The zero-order valence-corrected chi connectivity index (χ0v) is 12.0. The number of carbonyl (C=O) groups is 1. The fourth-order valence-corrected chi connectivity index (χ4v) is 3.78. The third kappa shape index (κ3) is 2.83. The molecule has 1 unspecified atom stereocenters. The molecule has 2 N–H and O–H groups in total. The van der Waals surface area contributed by atoms with E-state index in [1.165, 1.54) is 0 Å². The van der Waals surface area contributed by atoms with Crippen LogP contribution in [0.4, 0.5) is 0 Å². The predicted octanol–water partition coefficient (Wildman–Crippen LogP) is 1.63. The van der Waals surface area contributed by atoms with Gasteiger partial charge in [0.15, 0.2) is 0 Å². The van der Waals surface area contributed by atoms with Gasteiger partial charge in [0, 0.05) is 24.0 Å². The Morgan fingerprint density at radius 2 is 2.25 bits per heavy atom. The van der Waals surface area contributed by atoms with E-state index in [-0.39, 0.29) is 12.5 Å². The minimum absolute atomic E-state index is 0.0586. The third-order valence-electron chi connectivity index (χ3n) is 3.69. The topological polar surface area (TPSA) is 54.3 Å². The average Bonchev–Trinajstić information content (AvgIpc) is 3.05. The minimum Gasteiger partial charge on any atom is -0.387 e. The van der Waals surface area contributed by atoms with E-state index < -0.39 is 5.60 Å². The van der Waals surface area contributed by atoms with Gasteiger partial charge in [0.1, 0.15) is 6.54 Å². The molecule has 3 rings (SSSR count). The summed E-state index contributed by atoms with van der Waals surface area (Å²) < 4.78 is 1.93. The van der Waals surface area contributed by atoms with E-state index in [2.05, 4.69) is 5.32 Å². The lowest BCUT2D eigenvalue weighted by Gasteiger charge is -2.21. The van der Waals surface area contributed by atoms with Crippen LogP contribution in [0.3, 0.4) is 0 Å². The Morgan fingerprint density at radius 1 is 1.40 bits per heavy atom. The Balaban J connectivity index is 1.61. The van der Waals surface area contributed by atoms with Gasteiger partial charge in [0.25, 0.3) is 0 Å². The number of thioether (sulfide) groups is 1. The van der Waals surface area contributed by atoms with Gasteiger partial charge in [-0.2, -0.15) is 11.8 Å². The first-order valence-electron chi connectivity index (χ1n) is 6.77. The first-order chi connectivity index (χ1) is 9.66. The van der Waals surface area contributed by atoms with E-state index in [1.807, 2.05) is 41.1 Å². The molecule has 0 spiro atoms. The second kappa shape index (κ2) is 5.50. The Bertz CT molecular complexity index is 617. The van der Waals surface area contributed by atoms with Crippen LogP contribution < -0.4 is 5.32 Å². The number of benzene rings is 1. The van der Waals surface area contributed by atoms with Crippen molar-refractivity contribution in [3.63, 3.8) is 0 Å². The molecule has 1 fully saturated rings. The van der Waals surface area contributed by atoms with E-state index >= 15 is 0 Å². The van der Waals surface area contributed by atoms with Crippen LogP contribution in [0.5, 0.6) is 0 Å². The van der Waals surface area contributed by atoms with Gasteiger partial charge in [-0.1, -0.05) is 18.2 Å². The molecule has 0 bridgehead atoms. The van der Waals surface area contributed by atoms with Crippen LogP contribution >= 0.6 is 11.8 Å². The molecule has 1 saturated heterocycles. The molecule has 1 aliphatic heterocycles. The lowest BCUT2D eigenvalue weighted by molar-refractivity contribution is -0.122. The zero-order valence-electron chi connectivity index (χ0n) is 11.2. The van der Waals surface area contributed by atoms with Crippen molar-refractivity contribution >= 4 is 28.6 Å². The summed E-state index contributed by atoms with van der Waals surface area (Å²) >= 11 is 1.73. The fourth-order valence-electron chi connectivity index (χ4n) is 2.49. The standard InChI is InChI=1S/C15H18N2O2S/c18-14(16-10-15(19)6-8-20-11-15)9-17-7-5-12-3-1-2-4-13(12)17/h1-5,7,19H,6,8-11H2,(H,16,18). The summed E-state index contributed by atoms with van der Waals surface area (Å²) in [4.78, 5) is 12.0. The van der Waals surface area contributed by atoms with Crippen LogP contribution in [0, 0.1) is 0 Å². The molecule has 1 aromatic carbocycles. The molecule has 4 nitrogen and oxygen atoms in total. The number of rotatable bonds is 4. The Hall–Kier alpha value is -1.46. The van der Waals surface area contributed by atoms with Crippen molar-refractivity contribution in [3.05, 3.63) is 36.5 Å². The lowest BCUT2D eigenvalue weighted by atomic mass is 10.0. The minimum atomic E-state index is -0.723. The van der Waals surface area contributed by atoms with E-state index in [9.17, 15) is 9.90 Å². The lowest BCUT2D eigenvalue weighted by Crippen LogP contribution is -2.43. The zero-order chi connectivity index (χ0) is 14.0. The first-order valence-corrected chi connectivity index (χ1v) is 7.92. The van der Waals surface area contributed by atoms with Crippen LogP contribution in [-0.4, -0.2) is 39.2 Å². The molecule has 1 aliphatic rings. The highest BCUT2D eigenvalue weighted by Gasteiger charge is 2.31. The summed E-state index contributed by atoms with van der Waals surface area (Å²) in [5.74, 6) is 1.62. The summed E-state index contributed by atoms with van der Waals surface area (Å²) in [6.07, 6.45) is 2.68. The number of aromatic nitrogens is 1. The largest absolute Gasteiger partial charge is 0.387 e. The molecule has 2 heterocycles. The highest BCUT2D eigenvalue weighted by Crippen LogP contribution is 2.26. The van der Waals surface area contributed by atoms with E-state index in [4.69, 9.17) is 0 Å². The van der Waals surface area contributed by atoms with Gasteiger partial charge < -0.3 is 15.0 Å². The molecule has 1 aromatic heterocycles. The average molecular weight is 290 g/mol. The van der Waals surface area contributed by atoms with Crippen molar-refractivity contribution in [1.29, 1.82) is 0 Å². The van der Waals surface area contributed by atoms with Crippen molar-refractivity contribution < 1.29 is 9.90 Å². The van der Waals surface area contributed by atoms with Crippen molar-refractivity contribution in [2.24, 2.45) is 0 Å². The number of fused-ring (bicyclic) bond motifs is 1. The molecule has 2 aromatic rings. The van der Waals surface area contributed by atoms with Gasteiger partial charge in [-0.25, -0.2) is 0 Å². The monoisotopic (exact) mass is 290 g/mol. The van der Waals surface area contributed by atoms with E-state index in [0.717, 1.165) is 23.1 Å². The summed E-state index contributed by atoms with van der Waals surface area (Å²) in [7, 11) is 0. The highest BCUT2D eigenvalue weighted by atomic mass is 32.2. The molecule has 0 radical (unpaired) electrons. The van der Waals surface area contributed by atoms with Crippen molar-refractivity contribution in [2.75, 3.05) is 18.1 Å². The number of para-hydroxylation sites is 1. The number of carbonyl (C=O) groups excluding carboxylic acids is 1. The van der Waals surface area contributed by atoms with Gasteiger partial charge in [-0.3, -0.25) is 4.79 Å². The van der Waals surface area contributed by atoms with E-state index in [0.29, 0.717) is 12.3 Å². The van der Waals surface area contributed by atoms with E-state index in [1.54, 1.807) is 11.8 Å². The maximum absolute atomic E-state index is 12.0. The quantitative estimate of drug-likeness (QED) is 0.900. The van der Waals surface area contributed by atoms with Crippen LogP contribution in [-0.2, 0) is 11.3 Å². The molecule has 0 aliphatic carbocycles. The van der Waals surface area contributed by atoms with Crippen LogP contribution in [0.2, 0.25) is 0 Å². The Kier molecular flexibility index (Phi) is 3.72. The van der Waals surface area contributed by atoms with Crippen molar-refractivity contribution in [1.82, 2.24) is 9.88 Å². The molecule has 20 heavy (non-hydrogen) atoms. The molecular formula is C15H18N2O2S. The van der Waals surface area contributed by atoms with Crippen LogP contribution in [0.1, 0.15) is 6.42 Å².